The summed E-state index contributed by atoms with van der Waals surface area (Å²) in [7, 11) is 0. The van der Waals surface area contributed by atoms with Crippen molar-refractivity contribution in [3.8, 4) is 6.07 Å². The summed E-state index contributed by atoms with van der Waals surface area (Å²) in [5.41, 5.74) is 1.29. The number of carbonyl (C=O) groups is 1. The van der Waals surface area contributed by atoms with E-state index in [0.717, 1.165) is 5.57 Å². The van der Waals surface area contributed by atoms with E-state index in [1.807, 2.05) is 0 Å². The Morgan fingerprint density at radius 1 is 1.46 bits per heavy atom. The highest BCUT2D eigenvalue weighted by molar-refractivity contribution is 6.07. The van der Waals surface area contributed by atoms with Crippen LogP contribution in [0.5, 0.6) is 0 Å². The predicted molar refractivity (Wildman–Crippen MR) is 47.9 cm³/mol. The Labute approximate surface area is 75.4 Å². The minimum Gasteiger partial charge on any atom is -0.267 e. The summed E-state index contributed by atoms with van der Waals surface area (Å²) in [6.45, 7) is 0. The van der Waals surface area contributed by atoms with Gasteiger partial charge in [-0.1, -0.05) is 12.2 Å². The summed E-state index contributed by atoms with van der Waals surface area (Å²) in [4.78, 5) is 14.9. The summed E-state index contributed by atoms with van der Waals surface area (Å²) in [5.74, 6) is -0.571. The van der Waals surface area contributed by atoms with Gasteiger partial charge in [-0.2, -0.15) is 5.26 Å². The molecule has 1 atom stereocenters. The van der Waals surface area contributed by atoms with Gasteiger partial charge in [-0.25, -0.2) is 4.99 Å². The zero-order chi connectivity index (χ0) is 9.26. The second-order valence-corrected chi connectivity index (χ2v) is 2.78. The van der Waals surface area contributed by atoms with Crippen LogP contribution in [0, 0.1) is 17.2 Å². The van der Waals surface area contributed by atoms with Gasteiger partial charge in [-0.05, 0) is 17.7 Å². The fourth-order valence-corrected chi connectivity index (χ4v) is 1.39. The molecule has 62 valence electrons. The van der Waals surface area contributed by atoms with Crippen molar-refractivity contribution in [3.63, 3.8) is 0 Å². The van der Waals surface area contributed by atoms with Crippen molar-refractivity contribution in [3.05, 3.63) is 35.5 Å². The lowest BCUT2D eigenvalue weighted by atomic mass is 9.87. The van der Waals surface area contributed by atoms with Gasteiger partial charge in [0.1, 0.15) is 0 Å². The van der Waals surface area contributed by atoms with E-state index in [1.165, 1.54) is 6.21 Å². The van der Waals surface area contributed by atoms with Crippen LogP contribution in [0.2, 0.25) is 0 Å². The third-order valence-electron chi connectivity index (χ3n) is 2.03. The SMILES string of the molecule is N#CC1C=CC=C2C(=O)N=CC=C21. The van der Waals surface area contributed by atoms with E-state index in [2.05, 4.69) is 11.1 Å². The molecule has 0 aromatic heterocycles. The molecule has 0 saturated carbocycles. The molecule has 2 aliphatic rings. The summed E-state index contributed by atoms with van der Waals surface area (Å²) in [6, 6.07) is 2.11. The third kappa shape index (κ3) is 1.13. The highest BCUT2D eigenvalue weighted by atomic mass is 16.1. The second kappa shape index (κ2) is 2.83. The molecule has 1 aliphatic carbocycles. The summed E-state index contributed by atoms with van der Waals surface area (Å²) < 4.78 is 0. The van der Waals surface area contributed by atoms with Crippen LogP contribution in [0.3, 0.4) is 0 Å². The summed E-state index contributed by atoms with van der Waals surface area (Å²) in [5, 5.41) is 8.79. The highest BCUT2D eigenvalue weighted by Gasteiger charge is 2.23. The molecule has 1 unspecified atom stereocenters. The van der Waals surface area contributed by atoms with Crippen LogP contribution in [-0.2, 0) is 4.79 Å². The lowest BCUT2D eigenvalue weighted by Gasteiger charge is -2.16. The first-order valence-electron chi connectivity index (χ1n) is 3.90. The quantitative estimate of drug-likeness (QED) is 0.547. The highest BCUT2D eigenvalue weighted by Crippen LogP contribution is 2.27. The fraction of sp³-hybridized carbons (Fsp3) is 0.100. The van der Waals surface area contributed by atoms with Gasteiger partial charge < -0.3 is 0 Å². The van der Waals surface area contributed by atoms with Crippen LogP contribution >= 0.6 is 0 Å². The molecule has 0 bridgehead atoms. The molecule has 1 heterocycles. The summed E-state index contributed by atoms with van der Waals surface area (Å²) >= 11 is 0. The van der Waals surface area contributed by atoms with Crippen molar-refractivity contribution < 1.29 is 4.79 Å². The van der Waals surface area contributed by atoms with Crippen LogP contribution < -0.4 is 0 Å². The van der Waals surface area contributed by atoms with Gasteiger partial charge in [0.15, 0.2) is 0 Å². The average Bonchev–Trinajstić information content (AvgIpc) is 2.18. The molecule has 3 nitrogen and oxygen atoms in total. The number of nitriles is 1. The number of dihydropyridines is 1. The number of nitrogens with zero attached hydrogens (tertiary/aromatic N) is 2. The molecule has 0 spiro atoms. The van der Waals surface area contributed by atoms with Gasteiger partial charge in [0.05, 0.1) is 12.0 Å². The van der Waals surface area contributed by atoms with Crippen LogP contribution in [0.1, 0.15) is 0 Å². The van der Waals surface area contributed by atoms with Gasteiger partial charge in [0.25, 0.3) is 5.91 Å². The largest absolute Gasteiger partial charge is 0.277 e. The Hall–Kier alpha value is -1.95. The number of amides is 1. The van der Waals surface area contributed by atoms with Crippen molar-refractivity contribution in [2.24, 2.45) is 10.9 Å². The van der Waals surface area contributed by atoms with Gasteiger partial charge in [-0.15, -0.1) is 0 Å². The van der Waals surface area contributed by atoms with Gasteiger partial charge in [0.2, 0.25) is 0 Å². The summed E-state index contributed by atoms with van der Waals surface area (Å²) in [6.07, 6.45) is 8.34. The van der Waals surface area contributed by atoms with E-state index in [9.17, 15) is 4.79 Å². The molecule has 0 aromatic rings. The van der Waals surface area contributed by atoms with Crippen molar-refractivity contribution in [1.29, 1.82) is 5.26 Å². The van der Waals surface area contributed by atoms with E-state index in [1.54, 1.807) is 24.3 Å². The Morgan fingerprint density at radius 3 is 3.08 bits per heavy atom. The van der Waals surface area contributed by atoms with E-state index in [0.29, 0.717) is 5.57 Å². The lowest BCUT2D eigenvalue weighted by molar-refractivity contribution is -0.114. The first-order valence-corrected chi connectivity index (χ1v) is 3.90. The minimum absolute atomic E-state index is 0.262. The van der Waals surface area contributed by atoms with Crippen LogP contribution in [0.4, 0.5) is 0 Å². The maximum absolute atomic E-state index is 11.2. The first kappa shape index (κ1) is 7.69. The molecular formula is C10H6N2O. The Kier molecular flexibility index (Phi) is 1.67. The average molecular weight is 170 g/mol. The van der Waals surface area contributed by atoms with E-state index in [-0.39, 0.29) is 11.8 Å². The third-order valence-corrected chi connectivity index (χ3v) is 2.03. The molecular weight excluding hydrogens is 164 g/mol. The van der Waals surface area contributed by atoms with E-state index in [4.69, 9.17) is 5.26 Å². The Balaban J connectivity index is 2.51. The smallest absolute Gasteiger partial charge is 0.267 e. The molecule has 2 rings (SSSR count). The number of allylic oxidation sites excluding steroid dienone is 4. The number of aliphatic imine (C=N–C) groups is 1. The Morgan fingerprint density at radius 2 is 2.31 bits per heavy atom. The topological polar surface area (TPSA) is 53.2 Å². The number of hydrogen-bond acceptors (Lipinski definition) is 2. The zero-order valence-electron chi connectivity index (χ0n) is 6.77. The molecule has 0 aromatic carbocycles. The molecule has 0 N–H and O–H groups in total. The van der Waals surface area contributed by atoms with E-state index < -0.39 is 0 Å². The van der Waals surface area contributed by atoms with Crippen molar-refractivity contribution in [1.82, 2.24) is 0 Å². The molecule has 3 heteroatoms. The number of hydrogen-bond donors (Lipinski definition) is 0. The lowest BCUT2D eigenvalue weighted by Crippen LogP contribution is -2.14. The van der Waals surface area contributed by atoms with Crippen molar-refractivity contribution in [2.75, 3.05) is 0 Å². The van der Waals surface area contributed by atoms with E-state index >= 15 is 0 Å². The number of rotatable bonds is 0. The molecule has 1 aliphatic heterocycles. The normalized spacial score (nSPS) is 24.5. The molecule has 0 saturated heterocycles. The first-order chi connectivity index (χ1) is 6.33. The van der Waals surface area contributed by atoms with Gasteiger partial charge in [0, 0.05) is 11.8 Å². The maximum atomic E-state index is 11.2. The predicted octanol–water partition coefficient (Wildman–Crippen LogP) is 1.16. The Bertz CT molecular complexity index is 419. The molecule has 0 radical (unpaired) electrons. The standard InChI is InChI=1S/C10H6N2O/c11-6-7-2-1-3-9-8(7)4-5-12-10(9)13/h1-5,7H. The van der Waals surface area contributed by atoms with Gasteiger partial charge >= 0.3 is 0 Å². The minimum atomic E-state index is -0.310. The zero-order valence-corrected chi connectivity index (χ0v) is 6.77. The van der Waals surface area contributed by atoms with Crippen molar-refractivity contribution in [2.45, 2.75) is 0 Å². The van der Waals surface area contributed by atoms with Crippen LogP contribution in [0.25, 0.3) is 0 Å². The molecule has 0 fully saturated rings. The molecule has 13 heavy (non-hydrogen) atoms. The van der Waals surface area contributed by atoms with Crippen LogP contribution in [-0.4, -0.2) is 12.1 Å². The van der Waals surface area contributed by atoms with Gasteiger partial charge in [-0.3, -0.25) is 4.79 Å². The second-order valence-electron chi connectivity index (χ2n) is 2.78. The van der Waals surface area contributed by atoms with Crippen LogP contribution in [0.15, 0.2) is 40.4 Å². The maximum Gasteiger partial charge on any atom is 0.277 e. The molecule has 1 amide bonds. The van der Waals surface area contributed by atoms with Crippen molar-refractivity contribution >= 4 is 12.1 Å². The number of carbonyl (C=O) groups excluding carboxylic acids is 1. The monoisotopic (exact) mass is 170 g/mol. The fourth-order valence-electron chi connectivity index (χ4n) is 1.39. The number of fused-ring (bicyclic) bond motifs is 1.